The Morgan fingerprint density at radius 3 is 2.44 bits per heavy atom. The van der Waals surface area contributed by atoms with Gasteiger partial charge in [-0.2, -0.15) is 0 Å². The maximum atomic E-state index is 13.3. The number of hydrogen-bond donors (Lipinski definition) is 1. The van der Waals surface area contributed by atoms with Crippen molar-refractivity contribution in [3.63, 3.8) is 0 Å². The number of amides is 2. The molecule has 0 fully saturated rings. The number of carbonyl (C=O) groups is 2. The number of imide groups is 1. The van der Waals surface area contributed by atoms with Gasteiger partial charge in [-0.05, 0) is 43.2 Å². The van der Waals surface area contributed by atoms with Crippen LogP contribution in [-0.4, -0.2) is 29.3 Å². The van der Waals surface area contributed by atoms with Gasteiger partial charge in [0.25, 0.3) is 11.8 Å². The lowest BCUT2D eigenvalue weighted by Crippen LogP contribution is -2.32. The lowest BCUT2D eigenvalue weighted by Gasteiger charge is -2.18. The van der Waals surface area contributed by atoms with Crippen LogP contribution in [-0.2, 0) is 9.59 Å². The zero-order valence-electron chi connectivity index (χ0n) is 14.8. The van der Waals surface area contributed by atoms with E-state index in [4.69, 9.17) is 23.2 Å². The fraction of sp³-hybridized carbons (Fsp3) is 0.200. The predicted molar refractivity (Wildman–Crippen MR) is 111 cm³/mol. The Bertz CT molecular complexity index is 972. The molecule has 0 unspecified atom stereocenters. The number of benzene rings is 2. The van der Waals surface area contributed by atoms with E-state index >= 15 is 0 Å². The van der Waals surface area contributed by atoms with Crippen molar-refractivity contribution < 1.29 is 14.7 Å². The molecule has 2 amide bonds. The summed E-state index contributed by atoms with van der Waals surface area (Å²) < 4.78 is 0. The molecule has 0 radical (unpaired) electrons. The number of aryl methyl sites for hydroxylation is 2. The summed E-state index contributed by atoms with van der Waals surface area (Å²) in [6.45, 7) is 3.64. The van der Waals surface area contributed by atoms with Crippen molar-refractivity contribution in [3.05, 3.63) is 68.0 Å². The minimum atomic E-state index is -0.432. The van der Waals surface area contributed by atoms with Gasteiger partial charge in [0.1, 0.15) is 0 Å². The molecule has 1 heterocycles. The number of hydrogen-bond acceptors (Lipinski definition) is 4. The third kappa shape index (κ3) is 3.78. The Hall–Kier alpha value is -1.79. The number of halogens is 2. The van der Waals surface area contributed by atoms with Crippen LogP contribution in [0.1, 0.15) is 16.7 Å². The number of anilines is 1. The fourth-order valence-corrected chi connectivity index (χ4v) is 4.25. The Morgan fingerprint density at radius 2 is 1.78 bits per heavy atom. The van der Waals surface area contributed by atoms with Crippen molar-refractivity contribution in [1.82, 2.24) is 0 Å². The first-order chi connectivity index (χ1) is 12.8. The molecule has 27 heavy (non-hydrogen) atoms. The lowest BCUT2D eigenvalue weighted by atomic mass is 10.1. The maximum Gasteiger partial charge on any atom is 0.272 e. The molecule has 140 valence electrons. The van der Waals surface area contributed by atoms with Crippen LogP contribution in [0.4, 0.5) is 5.69 Å². The second-order valence-electron chi connectivity index (χ2n) is 6.14. The molecule has 3 rings (SSSR count). The first-order valence-electron chi connectivity index (χ1n) is 8.24. The van der Waals surface area contributed by atoms with E-state index in [0.29, 0.717) is 27.0 Å². The van der Waals surface area contributed by atoms with Gasteiger partial charge in [0.2, 0.25) is 0 Å². The largest absolute Gasteiger partial charge is 0.396 e. The second-order valence-corrected chi connectivity index (χ2v) is 8.08. The molecule has 0 aromatic heterocycles. The molecule has 0 aliphatic carbocycles. The van der Waals surface area contributed by atoms with Crippen LogP contribution in [0.5, 0.6) is 0 Å². The standard InChI is InChI=1S/C20H17Cl2NO3S/c1-11-3-4-12(2)16(9-11)23-19(25)17(18(20(23)26)27-8-7-24)14-6-5-13(21)10-15(14)22/h3-6,9-10,24H,7-8H2,1-2H3. The van der Waals surface area contributed by atoms with Crippen molar-refractivity contribution >= 4 is 58.0 Å². The SMILES string of the molecule is Cc1ccc(C)c(N2C(=O)C(SCCO)=C(c3ccc(Cl)cc3Cl)C2=O)c1. The summed E-state index contributed by atoms with van der Waals surface area (Å²) in [5.74, 6) is -0.546. The molecular formula is C20H17Cl2NO3S. The molecule has 7 heteroatoms. The summed E-state index contributed by atoms with van der Waals surface area (Å²) in [5.41, 5.74) is 3.00. The van der Waals surface area contributed by atoms with E-state index in [0.717, 1.165) is 22.9 Å². The lowest BCUT2D eigenvalue weighted by molar-refractivity contribution is -0.119. The fourth-order valence-electron chi connectivity index (χ4n) is 2.90. The number of nitrogens with zero attached hydrogens (tertiary/aromatic N) is 1. The predicted octanol–water partition coefficient (Wildman–Crippen LogP) is 4.62. The normalized spacial score (nSPS) is 14.5. The van der Waals surface area contributed by atoms with Gasteiger partial charge in [0.05, 0.1) is 27.8 Å². The summed E-state index contributed by atoms with van der Waals surface area (Å²) in [7, 11) is 0. The summed E-state index contributed by atoms with van der Waals surface area (Å²) in [6.07, 6.45) is 0. The average Bonchev–Trinajstić information content (AvgIpc) is 2.85. The van der Waals surface area contributed by atoms with Gasteiger partial charge in [0.15, 0.2) is 0 Å². The zero-order chi connectivity index (χ0) is 19.7. The van der Waals surface area contributed by atoms with Crippen LogP contribution in [0.2, 0.25) is 10.0 Å². The van der Waals surface area contributed by atoms with Gasteiger partial charge in [-0.25, -0.2) is 4.90 Å². The highest BCUT2D eigenvalue weighted by molar-refractivity contribution is 8.04. The van der Waals surface area contributed by atoms with Gasteiger partial charge >= 0.3 is 0 Å². The molecule has 0 bridgehead atoms. The van der Waals surface area contributed by atoms with Crippen molar-refractivity contribution in [1.29, 1.82) is 0 Å². The third-order valence-electron chi connectivity index (χ3n) is 4.19. The van der Waals surface area contributed by atoms with Gasteiger partial charge < -0.3 is 5.11 Å². The number of rotatable bonds is 5. The van der Waals surface area contributed by atoms with Crippen LogP contribution in [0.15, 0.2) is 41.3 Å². The van der Waals surface area contributed by atoms with Crippen LogP contribution in [0.3, 0.4) is 0 Å². The zero-order valence-corrected chi connectivity index (χ0v) is 17.1. The number of aliphatic hydroxyl groups is 1. The van der Waals surface area contributed by atoms with Crippen LogP contribution >= 0.6 is 35.0 Å². The summed E-state index contributed by atoms with van der Waals surface area (Å²) >= 11 is 13.4. The smallest absolute Gasteiger partial charge is 0.272 e. The first kappa shape index (κ1) is 20.0. The molecule has 2 aromatic rings. The molecule has 1 N–H and O–H groups in total. The average molecular weight is 422 g/mol. The van der Waals surface area contributed by atoms with Crippen molar-refractivity contribution in [3.8, 4) is 0 Å². The van der Waals surface area contributed by atoms with Crippen LogP contribution in [0, 0.1) is 13.8 Å². The first-order valence-corrected chi connectivity index (χ1v) is 9.98. The van der Waals surface area contributed by atoms with E-state index in [2.05, 4.69) is 0 Å². The molecule has 0 spiro atoms. The molecule has 1 aliphatic heterocycles. The van der Waals surface area contributed by atoms with Gasteiger partial charge in [-0.15, -0.1) is 11.8 Å². The van der Waals surface area contributed by atoms with Gasteiger partial charge in [0, 0.05) is 16.3 Å². The second kappa shape index (κ2) is 8.07. The van der Waals surface area contributed by atoms with Crippen molar-refractivity contribution in [2.45, 2.75) is 13.8 Å². The Labute approximate surface area is 171 Å². The minimum Gasteiger partial charge on any atom is -0.396 e. The van der Waals surface area contributed by atoms with E-state index in [-0.39, 0.29) is 17.1 Å². The minimum absolute atomic E-state index is 0.110. The summed E-state index contributed by atoms with van der Waals surface area (Å²) in [6, 6.07) is 10.4. The Balaban J connectivity index is 2.16. The number of carbonyl (C=O) groups excluding carboxylic acids is 2. The molecular weight excluding hydrogens is 405 g/mol. The molecule has 4 nitrogen and oxygen atoms in total. The van der Waals surface area contributed by atoms with Crippen LogP contribution < -0.4 is 4.90 Å². The molecule has 0 atom stereocenters. The monoisotopic (exact) mass is 421 g/mol. The highest BCUT2D eigenvalue weighted by Gasteiger charge is 2.41. The number of aliphatic hydroxyl groups excluding tert-OH is 1. The van der Waals surface area contributed by atoms with Crippen molar-refractivity contribution in [2.75, 3.05) is 17.3 Å². The highest BCUT2D eigenvalue weighted by Crippen LogP contribution is 2.41. The highest BCUT2D eigenvalue weighted by atomic mass is 35.5. The quantitative estimate of drug-likeness (QED) is 0.715. The van der Waals surface area contributed by atoms with E-state index in [1.807, 2.05) is 32.0 Å². The molecule has 1 aliphatic rings. The third-order valence-corrected chi connectivity index (χ3v) is 5.79. The Kier molecular flexibility index (Phi) is 5.96. The Morgan fingerprint density at radius 1 is 1.04 bits per heavy atom. The van der Waals surface area contributed by atoms with Gasteiger partial charge in [-0.1, -0.05) is 41.4 Å². The molecule has 0 saturated carbocycles. The van der Waals surface area contributed by atoms with Crippen LogP contribution in [0.25, 0.3) is 5.57 Å². The maximum absolute atomic E-state index is 13.3. The molecule has 2 aromatic carbocycles. The number of thioether (sulfide) groups is 1. The van der Waals surface area contributed by atoms with Gasteiger partial charge in [-0.3, -0.25) is 9.59 Å². The molecule has 0 saturated heterocycles. The van der Waals surface area contributed by atoms with E-state index in [9.17, 15) is 14.7 Å². The summed E-state index contributed by atoms with van der Waals surface area (Å²) in [4.78, 5) is 27.9. The van der Waals surface area contributed by atoms with E-state index in [1.165, 1.54) is 11.0 Å². The van der Waals surface area contributed by atoms with Crippen molar-refractivity contribution in [2.24, 2.45) is 0 Å². The topological polar surface area (TPSA) is 57.6 Å². The van der Waals surface area contributed by atoms with E-state index < -0.39 is 11.8 Å². The van der Waals surface area contributed by atoms with E-state index in [1.54, 1.807) is 12.1 Å². The summed E-state index contributed by atoms with van der Waals surface area (Å²) in [5, 5.41) is 9.93.